The number of nitrogens with one attached hydrogen (secondary N) is 2. The molecule has 2 N–H and O–H groups in total. The lowest BCUT2D eigenvalue weighted by atomic mass is 9.96. The van der Waals surface area contributed by atoms with E-state index in [1.165, 1.54) is 0 Å². The van der Waals surface area contributed by atoms with E-state index in [0.29, 0.717) is 6.42 Å². The summed E-state index contributed by atoms with van der Waals surface area (Å²) in [6.45, 7) is 5.59. The lowest BCUT2D eigenvalue weighted by Gasteiger charge is -2.13. The summed E-state index contributed by atoms with van der Waals surface area (Å²) in [5.74, 6) is 0. The van der Waals surface area contributed by atoms with Gasteiger partial charge in [0.15, 0.2) is 0 Å². The molecule has 1 heterocycles. The Labute approximate surface area is 100 Å². The molecule has 1 atom stereocenters. The van der Waals surface area contributed by atoms with Crippen LogP contribution in [0.2, 0.25) is 0 Å². The SMILES string of the molecule is Cc1ccc([N+](=O)[O-])c(CC2CNCN2)c1C. The molecule has 1 aliphatic rings. The van der Waals surface area contributed by atoms with Crippen LogP contribution >= 0.6 is 0 Å². The lowest BCUT2D eigenvalue weighted by Crippen LogP contribution is -2.26. The average molecular weight is 235 g/mol. The first kappa shape index (κ1) is 12.0. The molecule has 1 saturated heterocycles. The molecular formula is C12H17N3O2. The minimum Gasteiger partial charge on any atom is -0.303 e. The highest BCUT2D eigenvalue weighted by molar-refractivity contribution is 5.49. The van der Waals surface area contributed by atoms with Crippen LogP contribution < -0.4 is 10.6 Å². The van der Waals surface area contributed by atoms with Crippen LogP contribution in [0.15, 0.2) is 12.1 Å². The molecule has 5 nitrogen and oxygen atoms in total. The summed E-state index contributed by atoms with van der Waals surface area (Å²) in [4.78, 5) is 10.7. The third-order valence-corrected chi connectivity index (χ3v) is 3.40. The smallest absolute Gasteiger partial charge is 0.272 e. The quantitative estimate of drug-likeness (QED) is 0.611. The zero-order valence-corrected chi connectivity index (χ0v) is 10.1. The number of rotatable bonds is 3. The van der Waals surface area contributed by atoms with Gasteiger partial charge in [0.1, 0.15) is 0 Å². The van der Waals surface area contributed by atoms with E-state index >= 15 is 0 Å². The standard InChI is InChI=1S/C12H17N3O2/c1-8-3-4-12(15(16)17)11(9(8)2)5-10-6-13-7-14-10/h3-4,10,13-14H,5-7H2,1-2H3. The number of hydrogen-bond donors (Lipinski definition) is 2. The Morgan fingerprint density at radius 2 is 2.24 bits per heavy atom. The molecule has 0 radical (unpaired) electrons. The van der Waals surface area contributed by atoms with Crippen molar-refractivity contribution in [2.75, 3.05) is 13.2 Å². The fourth-order valence-electron chi connectivity index (χ4n) is 2.21. The van der Waals surface area contributed by atoms with E-state index in [1.54, 1.807) is 6.07 Å². The van der Waals surface area contributed by atoms with Crippen molar-refractivity contribution in [3.8, 4) is 0 Å². The Kier molecular flexibility index (Phi) is 3.40. The van der Waals surface area contributed by atoms with Crippen LogP contribution in [0.5, 0.6) is 0 Å². The molecule has 1 aliphatic heterocycles. The average Bonchev–Trinajstić information content (AvgIpc) is 2.77. The maximum absolute atomic E-state index is 11.0. The van der Waals surface area contributed by atoms with Crippen LogP contribution in [-0.4, -0.2) is 24.2 Å². The van der Waals surface area contributed by atoms with Gasteiger partial charge in [0, 0.05) is 30.9 Å². The minimum atomic E-state index is -0.288. The fraction of sp³-hybridized carbons (Fsp3) is 0.500. The van der Waals surface area contributed by atoms with Crippen molar-refractivity contribution in [3.05, 3.63) is 38.9 Å². The molecule has 0 bridgehead atoms. The van der Waals surface area contributed by atoms with Gasteiger partial charge in [-0.05, 0) is 31.4 Å². The van der Waals surface area contributed by atoms with E-state index in [4.69, 9.17) is 0 Å². The Hall–Kier alpha value is -1.46. The number of nitro groups is 1. The van der Waals surface area contributed by atoms with Gasteiger partial charge in [0.05, 0.1) is 4.92 Å². The number of nitro benzene ring substituents is 1. The van der Waals surface area contributed by atoms with Crippen molar-refractivity contribution >= 4 is 5.69 Å². The van der Waals surface area contributed by atoms with Crippen molar-refractivity contribution in [3.63, 3.8) is 0 Å². The van der Waals surface area contributed by atoms with Gasteiger partial charge in [0.2, 0.25) is 0 Å². The van der Waals surface area contributed by atoms with Crippen molar-refractivity contribution in [1.29, 1.82) is 0 Å². The van der Waals surface area contributed by atoms with Crippen molar-refractivity contribution < 1.29 is 4.92 Å². The second-order valence-electron chi connectivity index (χ2n) is 4.50. The third kappa shape index (κ3) is 2.45. The molecule has 0 spiro atoms. The fourth-order valence-corrected chi connectivity index (χ4v) is 2.21. The van der Waals surface area contributed by atoms with Gasteiger partial charge < -0.3 is 10.6 Å². The Bertz CT molecular complexity index is 440. The van der Waals surface area contributed by atoms with E-state index in [0.717, 1.165) is 29.9 Å². The first-order chi connectivity index (χ1) is 8.09. The van der Waals surface area contributed by atoms with E-state index < -0.39 is 0 Å². The predicted octanol–water partition coefficient (Wildman–Crippen LogP) is 1.27. The van der Waals surface area contributed by atoms with Gasteiger partial charge >= 0.3 is 0 Å². The largest absolute Gasteiger partial charge is 0.303 e. The van der Waals surface area contributed by atoms with E-state index in [1.807, 2.05) is 19.9 Å². The summed E-state index contributed by atoms with van der Waals surface area (Å²) in [6.07, 6.45) is 0.705. The normalized spacial score (nSPS) is 19.5. The van der Waals surface area contributed by atoms with Gasteiger partial charge in [-0.15, -0.1) is 0 Å². The molecule has 0 amide bonds. The van der Waals surface area contributed by atoms with Gasteiger partial charge in [-0.3, -0.25) is 10.1 Å². The molecule has 0 aromatic heterocycles. The summed E-state index contributed by atoms with van der Waals surface area (Å²) >= 11 is 0. The summed E-state index contributed by atoms with van der Waals surface area (Å²) in [5.41, 5.74) is 3.24. The highest BCUT2D eigenvalue weighted by Crippen LogP contribution is 2.26. The first-order valence-corrected chi connectivity index (χ1v) is 5.77. The Morgan fingerprint density at radius 3 is 2.82 bits per heavy atom. The zero-order chi connectivity index (χ0) is 12.4. The van der Waals surface area contributed by atoms with Crippen LogP contribution in [0.25, 0.3) is 0 Å². The van der Waals surface area contributed by atoms with Crippen LogP contribution in [0.1, 0.15) is 16.7 Å². The van der Waals surface area contributed by atoms with Gasteiger partial charge in [-0.1, -0.05) is 6.07 Å². The molecule has 17 heavy (non-hydrogen) atoms. The molecule has 5 heteroatoms. The maximum atomic E-state index is 11.0. The molecule has 1 aromatic carbocycles. The lowest BCUT2D eigenvalue weighted by molar-refractivity contribution is -0.385. The minimum absolute atomic E-state index is 0.238. The monoisotopic (exact) mass is 235 g/mol. The van der Waals surface area contributed by atoms with Crippen LogP contribution in [0, 0.1) is 24.0 Å². The van der Waals surface area contributed by atoms with E-state index in [2.05, 4.69) is 10.6 Å². The van der Waals surface area contributed by atoms with Gasteiger partial charge in [0.25, 0.3) is 5.69 Å². The van der Waals surface area contributed by atoms with Crippen molar-refractivity contribution in [1.82, 2.24) is 10.6 Å². The van der Waals surface area contributed by atoms with Crippen LogP contribution in [-0.2, 0) is 6.42 Å². The van der Waals surface area contributed by atoms with Gasteiger partial charge in [-0.2, -0.15) is 0 Å². The molecule has 2 rings (SSSR count). The zero-order valence-electron chi connectivity index (χ0n) is 10.1. The second-order valence-corrected chi connectivity index (χ2v) is 4.50. The summed E-state index contributed by atoms with van der Waals surface area (Å²) in [6, 6.07) is 3.71. The second kappa shape index (κ2) is 4.81. The topological polar surface area (TPSA) is 67.2 Å². The molecule has 1 fully saturated rings. The first-order valence-electron chi connectivity index (χ1n) is 5.77. The molecular weight excluding hydrogens is 218 g/mol. The summed E-state index contributed by atoms with van der Waals surface area (Å²) in [5, 5.41) is 17.5. The highest BCUT2D eigenvalue weighted by Gasteiger charge is 2.22. The van der Waals surface area contributed by atoms with Crippen LogP contribution in [0.3, 0.4) is 0 Å². The Balaban J connectivity index is 2.34. The predicted molar refractivity (Wildman–Crippen MR) is 66.1 cm³/mol. The molecule has 1 unspecified atom stereocenters. The van der Waals surface area contributed by atoms with Crippen LogP contribution in [0.4, 0.5) is 5.69 Å². The third-order valence-electron chi connectivity index (χ3n) is 3.40. The Morgan fingerprint density at radius 1 is 1.47 bits per heavy atom. The van der Waals surface area contributed by atoms with E-state index in [9.17, 15) is 10.1 Å². The number of hydrogen-bond acceptors (Lipinski definition) is 4. The molecule has 92 valence electrons. The van der Waals surface area contributed by atoms with Crippen molar-refractivity contribution in [2.24, 2.45) is 0 Å². The van der Waals surface area contributed by atoms with E-state index in [-0.39, 0.29) is 16.7 Å². The van der Waals surface area contributed by atoms with Gasteiger partial charge in [-0.25, -0.2) is 0 Å². The van der Waals surface area contributed by atoms with Crippen molar-refractivity contribution in [2.45, 2.75) is 26.3 Å². The molecule has 1 aromatic rings. The maximum Gasteiger partial charge on any atom is 0.272 e. The summed E-state index contributed by atoms with van der Waals surface area (Å²) < 4.78 is 0. The molecule has 0 saturated carbocycles. The number of nitrogens with zero attached hydrogens (tertiary/aromatic N) is 1. The number of benzene rings is 1. The molecule has 0 aliphatic carbocycles. The summed E-state index contributed by atoms with van der Waals surface area (Å²) in [7, 11) is 0. The number of aryl methyl sites for hydroxylation is 1. The highest BCUT2D eigenvalue weighted by atomic mass is 16.6.